The van der Waals surface area contributed by atoms with Gasteiger partial charge < -0.3 is 14.2 Å². The Balaban J connectivity index is 1.57. The highest BCUT2D eigenvalue weighted by atomic mass is 32.1. The van der Waals surface area contributed by atoms with Crippen LogP contribution in [0.3, 0.4) is 0 Å². The van der Waals surface area contributed by atoms with Crippen molar-refractivity contribution in [1.29, 1.82) is 0 Å². The maximum absolute atomic E-state index is 14.1. The number of amides is 1. The maximum atomic E-state index is 14.1. The zero-order valence-electron chi connectivity index (χ0n) is 16.3. The second kappa shape index (κ2) is 9.84. The van der Waals surface area contributed by atoms with Gasteiger partial charge in [-0.1, -0.05) is 12.1 Å². The van der Waals surface area contributed by atoms with Crippen molar-refractivity contribution in [3.8, 4) is 11.5 Å². The highest BCUT2D eigenvalue weighted by molar-refractivity contribution is 7.14. The highest BCUT2D eigenvalue weighted by Crippen LogP contribution is 2.30. The van der Waals surface area contributed by atoms with Crippen molar-refractivity contribution in [1.82, 2.24) is 4.98 Å². The Labute approximate surface area is 176 Å². The van der Waals surface area contributed by atoms with Crippen molar-refractivity contribution in [3.63, 3.8) is 0 Å². The summed E-state index contributed by atoms with van der Waals surface area (Å²) in [5.41, 5.74) is 0.547. The highest BCUT2D eigenvalue weighted by Gasteiger charge is 2.21. The van der Waals surface area contributed by atoms with E-state index in [0.717, 1.165) is 11.3 Å². The largest absolute Gasteiger partial charge is 0.497 e. The Morgan fingerprint density at radius 1 is 1.10 bits per heavy atom. The summed E-state index contributed by atoms with van der Waals surface area (Å²) in [6.45, 7) is 0.965. The molecule has 1 heterocycles. The smallest absolute Gasteiger partial charge is 0.344 e. The molecule has 9 heteroatoms. The summed E-state index contributed by atoms with van der Waals surface area (Å²) in [5, 5.41) is 1.93. The molecule has 1 aromatic heterocycles. The normalized spacial score (nSPS) is 10.4. The number of aromatic nitrogens is 1. The fraction of sp³-hybridized carbons (Fsp3) is 0.190. The van der Waals surface area contributed by atoms with E-state index in [9.17, 15) is 14.0 Å². The summed E-state index contributed by atoms with van der Waals surface area (Å²) in [5.74, 6) is -0.305. The van der Waals surface area contributed by atoms with Gasteiger partial charge in [0, 0.05) is 12.3 Å². The van der Waals surface area contributed by atoms with Crippen LogP contribution in [0.1, 0.15) is 12.6 Å². The zero-order valence-corrected chi connectivity index (χ0v) is 17.1. The van der Waals surface area contributed by atoms with E-state index in [2.05, 4.69) is 4.98 Å². The van der Waals surface area contributed by atoms with Crippen LogP contribution in [-0.2, 0) is 20.9 Å². The van der Waals surface area contributed by atoms with Gasteiger partial charge in [-0.3, -0.25) is 9.69 Å². The summed E-state index contributed by atoms with van der Waals surface area (Å²) < 4.78 is 29.7. The fourth-order valence-corrected chi connectivity index (χ4v) is 3.38. The molecule has 7 nitrogen and oxygen atoms in total. The lowest BCUT2D eigenvalue weighted by molar-refractivity contribution is -0.147. The lowest BCUT2D eigenvalue weighted by atomic mass is 10.3. The predicted molar refractivity (Wildman–Crippen MR) is 110 cm³/mol. The van der Waals surface area contributed by atoms with Crippen LogP contribution in [0.25, 0.3) is 0 Å². The van der Waals surface area contributed by atoms with E-state index < -0.39 is 11.8 Å². The number of thiazole rings is 1. The van der Waals surface area contributed by atoms with Crippen molar-refractivity contribution in [3.05, 3.63) is 65.4 Å². The Morgan fingerprint density at radius 2 is 1.80 bits per heavy atom. The quantitative estimate of drug-likeness (QED) is 0.501. The van der Waals surface area contributed by atoms with E-state index in [1.807, 2.05) is 0 Å². The zero-order chi connectivity index (χ0) is 21.5. The van der Waals surface area contributed by atoms with E-state index >= 15 is 0 Å². The molecule has 3 aromatic rings. The molecular formula is C21H19FN2O5S. The van der Waals surface area contributed by atoms with Gasteiger partial charge in [0.05, 0.1) is 18.5 Å². The van der Waals surface area contributed by atoms with Crippen LogP contribution < -0.4 is 14.4 Å². The molecule has 0 saturated carbocycles. The molecule has 0 spiro atoms. The van der Waals surface area contributed by atoms with E-state index in [1.54, 1.807) is 42.8 Å². The Morgan fingerprint density at radius 3 is 2.47 bits per heavy atom. The van der Waals surface area contributed by atoms with Crippen molar-refractivity contribution in [2.45, 2.75) is 13.5 Å². The van der Waals surface area contributed by atoms with E-state index in [1.165, 1.54) is 30.0 Å². The first-order valence-electron chi connectivity index (χ1n) is 8.90. The third-order valence-corrected chi connectivity index (χ3v) is 4.81. The molecule has 156 valence electrons. The van der Waals surface area contributed by atoms with Crippen molar-refractivity contribution >= 4 is 34.0 Å². The first-order valence-corrected chi connectivity index (χ1v) is 9.78. The number of esters is 1. The maximum Gasteiger partial charge on any atom is 0.344 e. The summed E-state index contributed by atoms with van der Waals surface area (Å²) in [6.07, 6.45) is 0. The molecule has 30 heavy (non-hydrogen) atoms. The number of rotatable bonds is 8. The molecule has 0 unspecified atom stereocenters. The number of ether oxygens (including phenoxy) is 3. The molecule has 3 rings (SSSR count). The molecule has 0 aliphatic rings. The van der Waals surface area contributed by atoms with E-state index in [-0.39, 0.29) is 29.9 Å². The summed E-state index contributed by atoms with van der Waals surface area (Å²) in [6, 6.07) is 12.7. The fourth-order valence-electron chi connectivity index (χ4n) is 2.52. The number of hydrogen-bond acceptors (Lipinski definition) is 7. The molecule has 0 fully saturated rings. The van der Waals surface area contributed by atoms with E-state index in [4.69, 9.17) is 14.2 Å². The average molecular weight is 430 g/mol. The number of hydrogen-bond donors (Lipinski definition) is 0. The minimum absolute atomic E-state index is 0.0929. The third kappa shape index (κ3) is 5.32. The number of carbonyl (C=O) groups is 2. The average Bonchev–Trinajstić information content (AvgIpc) is 3.21. The lowest BCUT2D eigenvalue weighted by Gasteiger charge is -2.18. The Bertz CT molecular complexity index is 1020. The first-order chi connectivity index (χ1) is 14.5. The molecule has 0 aliphatic carbocycles. The Kier molecular flexibility index (Phi) is 6.97. The van der Waals surface area contributed by atoms with Gasteiger partial charge in [0.1, 0.15) is 23.9 Å². The summed E-state index contributed by atoms with van der Waals surface area (Å²) in [7, 11) is 1.56. The second-order valence-electron chi connectivity index (χ2n) is 6.05. The molecule has 0 N–H and O–H groups in total. The summed E-state index contributed by atoms with van der Waals surface area (Å²) >= 11 is 1.15. The van der Waals surface area contributed by atoms with Crippen LogP contribution in [-0.4, -0.2) is 30.6 Å². The van der Waals surface area contributed by atoms with Crippen molar-refractivity contribution in [2.24, 2.45) is 0 Å². The van der Waals surface area contributed by atoms with Gasteiger partial charge in [0.2, 0.25) is 5.91 Å². The third-order valence-electron chi connectivity index (χ3n) is 3.94. The molecule has 0 aliphatic heterocycles. The van der Waals surface area contributed by atoms with Gasteiger partial charge in [-0.25, -0.2) is 14.2 Å². The van der Waals surface area contributed by atoms with Gasteiger partial charge >= 0.3 is 5.97 Å². The molecular weight excluding hydrogens is 411 g/mol. The molecule has 0 saturated heterocycles. The van der Waals surface area contributed by atoms with E-state index in [0.29, 0.717) is 17.2 Å². The van der Waals surface area contributed by atoms with Crippen LogP contribution in [0.5, 0.6) is 11.5 Å². The topological polar surface area (TPSA) is 78.0 Å². The van der Waals surface area contributed by atoms with Crippen molar-refractivity contribution < 1.29 is 28.2 Å². The number of methoxy groups -OCH3 is 1. The number of para-hydroxylation sites is 1. The van der Waals surface area contributed by atoms with Gasteiger partial charge in [-0.15, -0.1) is 11.3 Å². The van der Waals surface area contributed by atoms with Crippen molar-refractivity contribution in [2.75, 3.05) is 18.6 Å². The molecule has 0 radical (unpaired) electrons. The standard InChI is InChI=1S/C21H19FN2O5S/c1-14(25)24(19-6-4-3-5-18(19)22)21-23-15(13-30-21)11-29-20(26)12-28-17-9-7-16(27-2)8-10-17/h3-10,13H,11-12H2,1-2H3. The minimum Gasteiger partial charge on any atom is -0.497 e. The number of halogens is 1. The number of nitrogens with zero attached hydrogens (tertiary/aromatic N) is 2. The molecule has 0 bridgehead atoms. The van der Waals surface area contributed by atoms with Gasteiger partial charge in [0.15, 0.2) is 11.7 Å². The van der Waals surface area contributed by atoms with Crippen LogP contribution in [0.2, 0.25) is 0 Å². The van der Waals surface area contributed by atoms with Gasteiger partial charge in [-0.05, 0) is 36.4 Å². The molecule has 0 atom stereocenters. The van der Waals surface area contributed by atoms with Crippen LogP contribution in [0, 0.1) is 5.82 Å². The van der Waals surface area contributed by atoms with Crippen LogP contribution in [0.4, 0.5) is 15.2 Å². The van der Waals surface area contributed by atoms with Gasteiger partial charge in [-0.2, -0.15) is 0 Å². The number of benzene rings is 2. The molecule has 2 aromatic carbocycles. The molecule has 1 amide bonds. The van der Waals surface area contributed by atoms with Crippen LogP contribution in [0.15, 0.2) is 53.9 Å². The van der Waals surface area contributed by atoms with Gasteiger partial charge in [0.25, 0.3) is 0 Å². The first kappa shape index (κ1) is 21.3. The number of carbonyl (C=O) groups excluding carboxylic acids is 2. The lowest BCUT2D eigenvalue weighted by Crippen LogP contribution is -2.23. The Hall–Kier alpha value is -3.46. The second-order valence-corrected chi connectivity index (χ2v) is 6.89. The SMILES string of the molecule is COc1ccc(OCC(=O)OCc2csc(N(C(C)=O)c3ccccc3F)n2)cc1. The monoisotopic (exact) mass is 430 g/mol. The summed E-state index contributed by atoms with van der Waals surface area (Å²) in [4.78, 5) is 29.4. The predicted octanol–water partition coefficient (Wildman–Crippen LogP) is 4.10. The minimum atomic E-state index is -0.571. The van der Waals surface area contributed by atoms with Crippen LogP contribution >= 0.6 is 11.3 Å². The number of anilines is 2.